The maximum atomic E-state index is 9.96. The number of unbranched alkanes of at least 4 members (excludes halogenated alkanes) is 2. The number of methoxy groups -OCH3 is 2. The molecule has 0 amide bonds. The van der Waals surface area contributed by atoms with Gasteiger partial charge in [-0.05, 0) is 90.5 Å². The van der Waals surface area contributed by atoms with Crippen LogP contribution in [0.2, 0.25) is 0 Å². The Kier molecular flexibility index (Phi) is 9.86. The van der Waals surface area contributed by atoms with Crippen molar-refractivity contribution in [2.24, 2.45) is 0 Å². The van der Waals surface area contributed by atoms with Gasteiger partial charge in [0.2, 0.25) is 0 Å². The molecule has 0 aromatic heterocycles. The molecule has 3 aromatic carbocycles. The molecule has 1 atom stereocenters. The Bertz CT molecular complexity index is 1130. The highest BCUT2D eigenvalue weighted by Gasteiger charge is 2.25. The fourth-order valence-corrected chi connectivity index (χ4v) is 5.47. The van der Waals surface area contributed by atoms with Gasteiger partial charge in [-0.1, -0.05) is 42.8 Å². The van der Waals surface area contributed by atoms with Crippen LogP contribution in [0.5, 0.6) is 11.5 Å². The van der Waals surface area contributed by atoms with Gasteiger partial charge in [-0.3, -0.25) is 0 Å². The number of phenols is 1. The first-order chi connectivity index (χ1) is 18.1. The number of hydrogen-bond donors (Lipinski definition) is 2. The average Bonchev–Trinajstić information content (AvgIpc) is 2.93. The van der Waals surface area contributed by atoms with E-state index in [0.29, 0.717) is 18.2 Å². The van der Waals surface area contributed by atoms with Crippen molar-refractivity contribution in [2.75, 3.05) is 38.9 Å². The molecule has 0 bridgehead atoms. The number of nitrogens with zero attached hydrogens (tertiary/aromatic N) is 1. The number of anilines is 1. The monoisotopic (exact) mass is 503 g/mol. The minimum absolute atomic E-state index is 0.0863. The number of ether oxygens (including phenoxy) is 2. The summed E-state index contributed by atoms with van der Waals surface area (Å²) in [7, 11) is 3.46. The van der Waals surface area contributed by atoms with Crippen molar-refractivity contribution in [3.8, 4) is 11.5 Å². The third-order valence-corrected chi connectivity index (χ3v) is 7.52. The molecular formula is C32H41NO4. The topological polar surface area (TPSA) is 62.2 Å². The summed E-state index contributed by atoms with van der Waals surface area (Å²) >= 11 is 0. The first kappa shape index (κ1) is 27.0. The number of fused-ring (bicyclic) bond motifs is 1. The largest absolute Gasteiger partial charge is 0.508 e. The van der Waals surface area contributed by atoms with Crippen molar-refractivity contribution in [3.63, 3.8) is 0 Å². The Morgan fingerprint density at radius 3 is 2.46 bits per heavy atom. The molecule has 1 aliphatic carbocycles. The smallest absolute Gasteiger partial charge is 0.120 e. The molecule has 0 radical (unpaired) electrons. The Balaban J connectivity index is 1.52. The second-order valence-electron chi connectivity index (χ2n) is 10.1. The molecule has 2 N–H and O–H groups in total. The number of rotatable bonds is 13. The fraction of sp³-hybridized carbons (Fsp3) is 0.438. The van der Waals surface area contributed by atoms with Crippen LogP contribution in [0, 0.1) is 0 Å². The van der Waals surface area contributed by atoms with Crippen LogP contribution in [0.4, 0.5) is 5.69 Å². The summed E-state index contributed by atoms with van der Waals surface area (Å²) in [5.74, 6) is 1.54. The highest BCUT2D eigenvalue weighted by Crippen LogP contribution is 2.40. The standard InChI is InChI=1S/C32H41NO4/c1-36-19-5-3-4-6-24-7-9-25(10-8-24)23-33(17-18-34)32-22-30(37-2)15-16-31(32)28-12-11-27-21-29(35)14-13-26(27)20-28/h7-10,13-16,21-22,28,34-35H,3-6,11-12,17-20,23H2,1-2H3/t28-/m1/s1. The fourth-order valence-electron chi connectivity index (χ4n) is 5.47. The van der Waals surface area contributed by atoms with Gasteiger partial charge in [0, 0.05) is 38.6 Å². The van der Waals surface area contributed by atoms with E-state index in [0.717, 1.165) is 56.7 Å². The van der Waals surface area contributed by atoms with Gasteiger partial charge in [0.05, 0.1) is 13.7 Å². The quantitative estimate of drug-likeness (QED) is 0.279. The maximum Gasteiger partial charge on any atom is 0.120 e. The Hall–Kier alpha value is -3.02. The van der Waals surface area contributed by atoms with Gasteiger partial charge in [-0.15, -0.1) is 0 Å². The van der Waals surface area contributed by atoms with Crippen LogP contribution in [0.1, 0.15) is 59.4 Å². The van der Waals surface area contributed by atoms with Crippen molar-refractivity contribution in [2.45, 2.75) is 57.4 Å². The lowest BCUT2D eigenvalue weighted by Gasteiger charge is -2.32. The van der Waals surface area contributed by atoms with Crippen molar-refractivity contribution >= 4 is 5.69 Å². The summed E-state index contributed by atoms with van der Waals surface area (Å²) in [6.07, 6.45) is 7.49. The van der Waals surface area contributed by atoms with Crippen molar-refractivity contribution < 1.29 is 19.7 Å². The van der Waals surface area contributed by atoms with Gasteiger partial charge in [-0.25, -0.2) is 0 Å². The van der Waals surface area contributed by atoms with E-state index in [1.165, 1.54) is 40.7 Å². The van der Waals surface area contributed by atoms with Crippen LogP contribution in [0.25, 0.3) is 0 Å². The van der Waals surface area contributed by atoms with Gasteiger partial charge in [0.1, 0.15) is 11.5 Å². The van der Waals surface area contributed by atoms with Gasteiger partial charge in [0.15, 0.2) is 0 Å². The van der Waals surface area contributed by atoms with E-state index in [4.69, 9.17) is 9.47 Å². The average molecular weight is 504 g/mol. The molecule has 0 unspecified atom stereocenters. The molecule has 37 heavy (non-hydrogen) atoms. The molecule has 0 saturated heterocycles. The molecule has 5 nitrogen and oxygen atoms in total. The molecule has 198 valence electrons. The molecule has 1 aliphatic rings. The Labute approximate surface area is 221 Å². The normalized spacial score (nSPS) is 14.8. The van der Waals surface area contributed by atoms with E-state index >= 15 is 0 Å². The molecule has 0 spiro atoms. The molecule has 0 aliphatic heterocycles. The molecular weight excluding hydrogens is 462 g/mol. The lowest BCUT2D eigenvalue weighted by atomic mass is 9.79. The van der Waals surface area contributed by atoms with Crippen LogP contribution in [-0.2, 0) is 30.5 Å². The number of aryl methyl sites for hydroxylation is 2. The molecule has 4 rings (SSSR count). The number of aliphatic hydroxyl groups is 1. The number of benzene rings is 3. The lowest BCUT2D eigenvalue weighted by Crippen LogP contribution is -2.28. The van der Waals surface area contributed by atoms with Crippen molar-refractivity contribution in [3.05, 3.63) is 88.5 Å². The molecule has 0 fully saturated rings. The third-order valence-electron chi connectivity index (χ3n) is 7.52. The van der Waals surface area contributed by atoms with E-state index < -0.39 is 0 Å². The first-order valence-corrected chi connectivity index (χ1v) is 13.5. The maximum absolute atomic E-state index is 9.96. The number of aliphatic hydroxyl groups excluding tert-OH is 1. The van der Waals surface area contributed by atoms with Crippen molar-refractivity contribution in [1.29, 1.82) is 0 Å². The van der Waals surface area contributed by atoms with E-state index in [1.807, 2.05) is 12.1 Å². The zero-order valence-corrected chi connectivity index (χ0v) is 22.3. The Morgan fingerprint density at radius 1 is 0.892 bits per heavy atom. The van der Waals surface area contributed by atoms with Gasteiger partial charge < -0.3 is 24.6 Å². The SMILES string of the molecule is COCCCCCc1ccc(CN(CCO)c2cc(OC)ccc2[C@@H]2CCc3cc(O)ccc3C2)cc1. The summed E-state index contributed by atoms with van der Waals surface area (Å²) in [5, 5.41) is 19.8. The van der Waals surface area contributed by atoms with Gasteiger partial charge in [0.25, 0.3) is 0 Å². The minimum atomic E-state index is 0.0863. The van der Waals surface area contributed by atoms with Gasteiger partial charge >= 0.3 is 0 Å². The van der Waals surface area contributed by atoms with Crippen LogP contribution < -0.4 is 9.64 Å². The number of phenolic OH excluding ortho intramolecular Hbond substituents is 1. The van der Waals surface area contributed by atoms with E-state index in [-0.39, 0.29) is 6.61 Å². The third kappa shape index (κ3) is 7.27. The van der Waals surface area contributed by atoms with Crippen LogP contribution in [0.15, 0.2) is 60.7 Å². The van der Waals surface area contributed by atoms with E-state index in [2.05, 4.69) is 47.4 Å². The highest BCUT2D eigenvalue weighted by atomic mass is 16.5. The second-order valence-corrected chi connectivity index (χ2v) is 10.1. The minimum Gasteiger partial charge on any atom is -0.508 e. The number of aromatic hydroxyl groups is 1. The second kappa shape index (κ2) is 13.5. The van der Waals surface area contributed by atoms with E-state index in [9.17, 15) is 10.2 Å². The van der Waals surface area contributed by atoms with Crippen LogP contribution >= 0.6 is 0 Å². The van der Waals surface area contributed by atoms with Crippen LogP contribution in [0.3, 0.4) is 0 Å². The van der Waals surface area contributed by atoms with Crippen molar-refractivity contribution in [1.82, 2.24) is 0 Å². The highest BCUT2D eigenvalue weighted by molar-refractivity contribution is 5.60. The molecule has 3 aromatic rings. The predicted molar refractivity (Wildman–Crippen MR) is 150 cm³/mol. The summed E-state index contributed by atoms with van der Waals surface area (Å²) < 4.78 is 10.7. The first-order valence-electron chi connectivity index (χ1n) is 13.5. The predicted octanol–water partition coefficient (Wildman–Crippen LogP) is 6.03. The van der Waals surface area contributed by atoms with E-state index in [1.54, 1.807) is 20.3 Å². The summed E-state index contributed by atoms with van der Waals surface area (Å²) in [4.78, 5) is 2.28. The molecule has 5 heteroatoms. The lowest BCUT2D eigenvalue weighted by molar-refractivity contribution is 0.192. The number of hydrogen-bond acceptors (Lipinski definition) is 5. The zero-order valence-electron chi connectivity index (χ0n) is 22.3. The summed E-state index contributed by atoms with van der Waals surface area (Å²) in [6, 6.07) is 21.0. The van der Waals surface area contributed by atoms with Crippen LogP contribution in [-0.4, -0.2) is 44.2 Å². The summed E-state index contributed by atoms with van der Waals surface area (Å²) in [6.45, 7) is 2.20. The summed E-state index contributed by atoms with van der Waals surface area (Å²) in [5.41, 5.74) is 7.57. The zero-order chi connectivity index (χ0) is 26.0. The molecule has 0 saturated carbocycles. The Morgan fingerprint density at radius 2 is 1.70 bits per heavy atom. The van der Waals surface area contributed by atoms with Gasteiger partial charge in [-0.2, -0.15) is 0 Å². The molecule has 0 heterocycles.